The van der Waals surface area contributed by atoms with E-state index in [4.69, 9.17) is 0 Å². The van der Waals surface area contributed by atoms with Gasteiger partial charge in [-0.05, 0) is 26.0 Å². The molecule has 7 heteroatoms. The van der Waals surface area contributed by atoms with E-state index >= 15 is 0 Å². The summed E-state index contributed by atoms with van der Waals surface area (Å²) in [6, 6.07) is 5.37. The second-order valence-electron chi connectivity index (χ2n) is 4.96. The van der Waals surface area contributed by atoms with Crippen LogP contribution in [0, 0.1) is 19.7 Å². The molecule has 5 nitrogen and oxygen atoms in total. The fourth-order valence-corrected chi connectivity index (χ4v) is 3.38. The van der Waals surface area contributed by atoms with E-state index in [1.54, 1.807) is 11.7 Å². The largest absolute Gasteiger partial charge is 0.272 e. The van der Waals surface area contributed by atoms with Gasteiger partial charge in [0, 0.05) is 31.9 Å². The van der Waals surface area contributed by atoms with Crippen LogP contribution >= 0.6 is 0 Å². The zero-order valence-electron chi connectivity index (χ0n) is 12.5. The summed E-state index contributed by atoms with van der Waals surface area (Å²) < 4.78 is 41.5. The van der Waals surface area contributed by atoms with Crippen LogP contribution in [0.5, 0.6) is 0 Å². The lowest BCUT2D eigenvalue weighted by Crippen LogP contribution is -2.27. The molecule has 0 radical (unpaired) electrons. The van der Waals surface area contributed by atoms with Gasteiger partial charge >= 0.3 is 0 Å². The number of sulfonamides is 1. The molecule has 0 saturated heterocycles. The number of aryl methyl sites for hydroxylation is 2. The highest BCUT2D eigenvalue weighted by Crippen LogP contribution is 2.21. The minimum Gasteiger partial charge on any atom is -0.272 e. The molecule has 0 aliphatic heterocycles. The summed E-state index contributed by atoms with van der Waals surface area (Å²) >= 11 is 0. The van der Waals surface area contributed by atoms with Gasteiger partial charge in [0.05, 0.1) is 5.69 Å². The summed E-state index contributed by atoms with van der Waals surface area (Å²) in [6.45, 7) is 3.85. The third-order valence-electron chi connectivity index (χ3n) is 3.56. The third kappa shape index (κ3) is 2.84. The molecular formula is C14H18FN3O2S. The second kappa shape index (κ2) is 5.57. The first kappa shape index (κ1) is 15.7. The molecule has 21 heavy (non-hydrogen) atoms. The first-order valence-corrected chi connectivity index (χ1v) is 7.89. The quantitative estimate of drug-likeness (QED) is 0.868. The van der Waals surface area contributed by atoms with Crippen LogP contribution < -0.4 is 0 Å². The molecule has 0 unspecified atom stereocenters. The van der Waals surface area contributed by atoms with E-state index in [-0.39, 0.29) is 11.4 Å². The highest BCUT2D eigenvalue weighted by molar-refractivity contribution is 7.89. The van der Waals surface area contributed by atoms with Gasteiger partial charge in [0.2, 0.25) is 10.0 Å². The number of rotatable bonds is 4. The molecule has 1 heterocycles. The Hall–Kier alpha value is -1.73. The summed E-state index contributed by atoms with van der Waals surface area (Å²) in [5, 5.41) is 4.26. The Morgan fingerprint density at radius 1 is 1.29 bits per heavy atom. The SMILES string of the molecule is Cc1nn(C)c(C)c1CN(C)S(=O)(=O)c1ccccc1F. The van der Waals surface area contributed by atoms with Crippen molar-refractivity contribution in [2.45, 2.75) is 25.3 Å². The molecule has 0 spiro atoms. The predicted octanol–water partition coefficient (Wildman–Crippen LogP) is 2.00. The van der Waals surface area contributed by atoms with Crippen molar-refractivity contribution in [2.24, 2.45) is 7.05 Å². The van der Waals surface area contributed by atoms with Gasteiger partial charge in [-0.2, -0.15) is 9.40 Å². The maximum absolute atomic E-state index is 13.7. The van der Waals surface area contributed by atoms with Crippen LogP contribution in [-0.2, 0) is 23.6 Å². The van der Waals surface area contributed by atoms with Crippen LogP contribution in [0.15, 0.2) is 29.2 Å². The number of benzene rings is 1. The van der Waals surface area contributed by atoms with Gasteiger partial charge in [-0.3, -0.25) is 4.68 Å². The van der Waals surface area contributed by atoms with Crippen LogP contribution in [0.3, 0.4) is 0 Å². The molecular weight excluding hydrogens is 293 g/mol. The molecule has 0 N–H and O–H groups in total. The highest BCUT2D eigenvalue weighted by atomic mass is 32.2. The summed E-state index contributed by atoms with van der Waals surface area (Å²) in [5.74, 6) is -0.746. The predicted molar refractivity (Wildman–Crippen MR) is 77.7 cm³/mol. The second-order valence-corrected chi connectivity index (χ2v) is 6.98. The van der Waals surface area contributed by atoms with Crippen LogP contribution in [-0.4, -0.2) is 29.6 Å². The number of halogens is 1. The summed E-state index contributed by atoms with van der Waals surface area (Å²) in [7, 11) is -0.630. The average Bonchev–Trinajstić information content (AvgIpc) is 2.65. The molecule has 0 aliphatic rings. The average molecular weight is 311 g/mol. The topological polar surface area (TPSA) is 55.2 Å². The fourth-order valence-electron chi connectivity index (χ4n) is 2.18. The van der Waals surface area contributed by atoms with E-state index in [0.29, 0.717) is 0 Å². The van der Waals surface area contributed by atoms with Gasteiger partial charge in [-0.25, -0.2) is 12.8 Å². The minimum atomic E-state index is -3.87. The maximum atomic E-state index is 13.7. The fraction of sp³-hybridized carbons (Fsp3) is 0.357. The number of aromatic nitrogens is 2. The number of nitrogens with zero attached hydrogens (tertiary/aromatic N) is 3. The lowest BCUT2D eigenvalue weighted by molar-refractivity contribution is 0.458. The van der Waals surface area contributed by atoms with E-state index in [1.165, 1.54) is 25.2 Å². The standard InChI is InChI=1S/C14H18FN3O2S/c1-10-12(11(2)18(4)16-10)9-17(3)21(19,20)14-8-6-5-7-13(14)15/h5-8H,9H2,1-4H3. The molecule has 0 saturated carbocycles. The molecule has 2 aromatic rings. The van der Waals surface area contributed by atoms with Crippen molar-refractivity contribution >= 4 is 10.0 Å². The molecule has 1 aromatic heterocycles. The van der Waals surface area contributed by atoms with Crippen LogP contribution in [0.1, 0.15) is 17.0 Å². The lowest BCUT2D eigenvalue weighted by Gasteiger charge is -2.18. The van der Waals surface area contributed by atoms with E-state index in [1.807, 2.05) is 13.8 Å². The van der Waals surface area contributed by atoms with Crippen LogP contribution in [0.4, 0.5) is 4.39 Å². The molecule has 2 rings (SSSR count). The molecule has 1 aromatic carbocycles. The van der Waals surface area contributed by atoms with Crippen molar-refractivity contribution in [3.05, 3.63) is 47.0 Å². The van der Waals surface area contributed by atoms with Gasteiger partial charge in [0.1, 0.15) is 10.7 Å². The van der Waals surface area contributed by atoms with Gasteiger partial charge in [-0.15, -0.1) is 0 Å². The molecule has 0 aliphatic carbocycles. The lowest BCUT2D eigenvalue weighted by atomic mass is 10.2. The van der Waals surface area contributed by atoms with Crippen molar-refractivity contribution in [3.63, 3.8) is 0 Å². The number of hydrogen-bond acceptors (Lipinski definition) is 3. The van der Waals surface area contributed by atoms with E-state index in [2.05, 4.69) is 5.10 Å². The van der Waals surface area contributed by atoms with Gasteiger partial charge in [0.15, 0.2) is 0 Å². The van der Waals surface area contributed by atoms with Gasteiger partial charge in [0.25, 0.3) is 0 Å². The summed E-state index contributed by atoms with van der Waals surface area (Å²) in [5.41, 5.74) is 2.49. The summed E-state index contributed by atoms with van der Waals surface area (Å²) in [6.07, 6.45) is 0. The smallest absolute Gasteiger partial charge is 0.246 e. The van der Waals surface area contributed by atoms with Crippen LogP contribution in [0.2, 0.25) is 0 Å². The van der Waals surface area contributed by atoms with Gasteiger partial charge in [-0.1, -0.05) is 12.1 Å². The van der Waals surface area contributed by atoms with Crippen LogP contribution in [0.25, 0.3) is 0 Å². The van der Waals surface area contributed by atoms with E-state index < -0.39 is 15.8 Å². The normalized spacial score (nSPS) is 12.1. The third-order valence-corrected chi connectivity index (χ3v) is 5.40. The number of hydrogen-bond donors (Lipinski definition) is 0. The van der Waals surface area contributed by atoms with E-state index in [0.717, 1.165) is 27.3 Å². The van der Waals surface area contributed by atoms with Crippen molar-refractivity contribution in [3.8, 4) is 0 Å². The Kier molecular flexibility index (Phi) is 4.15. The van der Waals surface area contributed by atoms with Crippen molar-refractivity contribution in [2.75, 3.05) is 7.05 Å². The van der Waals surface area contributed by atoms with Crippen molar-refractivity contribution in [1.29, 1.82) is 0 Å². The first-order chi connectivity index (χ1) is 9.75. The minimum absolute atomic E-state index is 0.155. The summed E-state index contributed by atoms with van der Waals surface area (Å²) in [4.78, 5) is -0.313. The Morgan fingerprint density at radius 2 is 1.90 bits per heavy atom. The zero-order chi connectivity index (χ0) is 15.8. The zero-order valence-corrected chi connectivity index (χ0v) is 13.3. The maximum Gasteiger partial charge on any atom is 0.246 e. The Balaban J connectivity index is 2.36. The monoisotopic (exact) mass is 311 g/mol. The highest BCUT2D eigenvalue weighted by Gasteiger charge is 2.25. The Labute approximate surface area is 124 Å². The first-order valence-electron chi connectivity index (χ1n) is 6.45. The Bertz CT molecular complexity index is 769. The van der Waals surface area contributed by atoms with Crippen molar-refractivity contribution < 1.29 is 12.8 Å². The van der Waals surface area contributed by atoms with E-state index in [9.17, 15) is 12.8 Å². The Morgan fingerprint density at radius 3 is 2.43 bits per heavy atom. The molecule has 0 fully saturated rings. The molecule has 0 bridgehead atoms. The molecule has 114 valence electrons. The molecule has 0 amide bonds. The molecule has 0 atom stereocenters. The van der Waals surface area contributed by atoms with Gasteiger partial charge < -0.3 is 0 Å². The van der Waals surface area contributed by atoms with Crippen molar-refractivity contribution in [1.82, 2.24) is 14.1 Å².